The Hall–Kier alpha value is -2.17. The zero-order valence-electron chi connectivity index (χ0n) is 16.4. The maximum atomic E-state index is 13.4. The standard InChI is InChI=1S/C21H30N2O3/c1-5-8-14-22-18(24)21(7-3,17-12-10-16(4)11-13-17)19(25)23(20(22)26)15-9-6-2/h10-13H,5-9,14-15H2,1-4H3. The largest absolute Gasteiger partial charge is 0.333 e. The molecule has 0 N–H and O–H groups in total. The van der Waals surface area contributed by atoms with Gasteiger partial charge in [-0.15, -0.1) is 0 Å². The molecule has 5 heteroatoms. The first-order valence-corrected chi connectivity index (χ1v) is 9.69. The van der Waals surface area contributed by atoms with E-state index in [0.717, 1.165) is 31.2 Å². The molecule has 1 aromatic rings. The highest BCUT2D eigenvalue weighted by Gasteiger charge is 2.56. The van der Waals surface area contributed by atoms with Crippen molar-refractivity contribution in [2.24, 2.45) is 0 Å². The van der Waals surface area contributed by atoms with Crippen molar-refractivity contribution in [3.8, 4) is 0 Å². The highest BCUT2D eigenvalue weighted by molar-refractivity contribution is 6.22. The molecule has 1 aliphatic rings. The van der Waals surface area contributed by atoms with Crippen molar-refractivity contribution in [2.45, 2.75) is 65.2 Å². The van der Waals surface area contributed by atoms with Crippen LogP contribution in [0.2, 0.25) is 0 Å². The summed E-state index contributed by atoms with van der Waals surface area (Å²) in [6.07, 6.45) is 3.57. The number of imide groups is 2. The van der Waals surface area contributed by atoms with Crippen LogP contribution >= 0.6 is 0 Å². The maximum absolute atomic E-state index is 13.4. The van der Waals surface area contributed by atoms with Gasteiger partial charge < -0.3 is 0 Å². The third kappa shape index (κ3) is 3.39. The zero-order valence-corrected chi connectivity index (χ0v) is 16.4. The Labute approximate surface area is 156 Å². The van der Waals surface area contributed by atoms with Crippen LogP contribution in [0.5, 0.6) is 0 Å². The third-order valence-electron chi connectivity index (χ3n) is 5.23. The minimum atomic E-state index is -1.30. The molecule has 26 heavy (non-hydrogen) atoms. The van der Waals surface area contributed by atoms with Crippen LogP contribution in [-0.4, -0.2) is 40.7 Å². The van der Waals surface area contributed by atoms with Gasteiger partial charge in [-0.05, 0) is 31.7 Å². The second kappa shape index (κ2) is 8.47. The predicted molar refractivity (Wildman–Crippen MR) is 102 cm³/mol. The Morgan fingerprint density at radius 2 is 1.27 bits per heavy atom. The molecule has 0 spiro atoms. The summed E-state index contributed by atoms with van der Waals surface area (Å²) in [5.74, 6) is -0.750. The summed E-state index contributed by atoms with van der Waals surface area (Å²) in [5, 5.41) is 0. The summed E-state index contributed by atoms with van der Waals surface area (Å²) >= 11 is 0. The van der Waals surface area contributed by atoms with E-state index in [-0.39, 0.29) is 11.8 Å². The molecule has 0 saturated carbocycles. The molecule has 2 rings (SSSR count). The van der Waals surface area contributed by atoms with Crippen LogP contribution in [-0.2, 0) is 15.0 Å². The van der Waals surface area contributed by atoms with E-state index in [0.29, 0.717) is 25.1 Å². The van der Waals surface area contributed by atoms with E-state index in [4.69, 9.17) is 0 Å². The minimum Gasteiger partial charge on any atom is -0.273 e. The highest BCUT2D eigenvalue weighted by Crippen LogP contribution is 2.37. The second-order valence-corrected chi connectivity index (χ2v) is 7.03. The number of barbiturate groups is 1. The average Bonchev–Trinajstić information content (AvgIpc) is 2.64. The van der Waals surface area contributed by atoms with Gasteiger partial charge in [-0.25, -0.2) is 4.79 Å². The normalized spacial score (nSPS) is 17.2. The molecule has 5 nitrogen and oxygen atoms in total. The lowest BCUT2D eigenvalue weighted by molar-refractivity contribution is -0.152. The van der Waals surface area contributed by atoms with E-state index < -0.39 is 11.4 Å². The number of carbonyl (C=O) groups is 3. The molecule has 1 aliphatic heterocycles. The predicted octanol–water partition coefficient (Wildman–Crippen LogP) is 4.03. The molecule has 0 unspecified atom stereocenters. The summed E-state index contributed by atoms with van der Waals surface area (Å²) in [5.41, 5.74) is 0.442. The molecule has 0 bridgehead atoms. The first-order chi connectivity index (χ1) is 12.4. The van der Waals surface area contributed by atoms with Gasteiger partial charge in [0.15, 0.2) is 5.41 Å². The van der Waals surface area contributed by atoms with Crippen molar-refractivity contribution in [2.75, 3.05) is 13.1 Å². The molecule has 142 valence electrons. The highest BCUT2D eigenvalue weighted by atomic mass is 16.2. The number of hydrogen-bond donors (Lipinski definition) is 0. The molecule has 0 atom stereocenters. The fourth-order valence-corrected chi connectivity index (χ4v) is 3.49. The summed E-state index contributed by atoms with van der Waals surface area (Å²) in [6, 6.07) is 7.06. The van der Waals surface area contributed by atoms with Crippen molar-refractivity contribution in [3.05, 3.63) is 35.4 Å². The van der Waals surface area contributed by atoms with E-state index in [1.165, 1.54) is 9.80 Å². The zero-order chi connectivity index (χ0) is 19.3. The molecule has 0 aliphatic carbocycles. The van der Waals surface area contributed by atoms with Gasteiger partial charge in [0, 0.05) is 13.1 Å². The Bertz CT molecular complexity index is 636. The fourth-order valence-electron chi connectivity index (χ4n) is 3.49. The van der Waals surface area contributed by atoms with E-state index in [9.17, 15) is 14.4 Å². The minimum absolute atomic E-state index is 0.340. The quantitative estimate of drug-likeness (QED) is 0.659. The van der Waals surface area contributed by atoms with Gasteiger partial charge in [-0.1, -0.05) is 63.4 Å². The molecule has 1 fully saturated rings. The number of rotatable bonds is 8. The number of benzene rings is 1. The molecule has 0 aromatic heterocycles. The molecular weight excluding hydrogens is 328 g/mol. The number of nitrogens with zero attached hydrogens (tertiary/aromatic N) is 2. The molecular formula is C21H30N2O3. The third-order valence-corrected chi connectivity index (χ3v) is 5.23. The number of hydrogen-bond acceptors (Lipinski definition) is 3. The summed E-state index contributed by atoms with van der Waals surface area (Å²) < 4.78 is 0. The van der Waals surface area contributed by atoms with Crippen molar-refractivity contribution >= 4 is 17.8 Å². The first kappa shape index (κ1) is 20.1. The molecule has 1 saturated heterocycles. The van der Waals surface area contributed by atoms with Crippen LogP contribution in [0.25, 0.3) is 0 Å². The van der Waals surface area contributed by atoms with Crippen LogP contribution in [0.15, 0.2) is 24.3 Å². The van der Waals surface area contributed by atoms with Crippen LogP contribution in [0, 0.1) is 6.92 Å². The smallest absolute Gasteiger partial charge is 0.273 e. The van der Waals surface area contributed by atoms with Crippen molar-refractivity contribution in [3.63, 3.8) is 0 Å². The van der Waals surface area contributed by atoms with Gasteiger partial charge in [-0.2, -0.15) is 0 Å². The van der Waals surface area contributed by atoms with Gasteiger partial charge in [0.05, 0.1) is 0 Å². The molecule has 1 heterocycles. The average molecular weight is 358 g/mol. The van der Waals surface area contributed by atoms with Gasteiger partial charge in [0.1, 0.15) is 0 Å². The van der Waals surface area contributed by atoms with Crippen LogP contribution in [0.4, 0.5) is 4.79 Å². The SMILES string of the molecule is CCCCN1C(=O)N(CCCC)C(=O)C(CC)(c2ccc(C)cc2)C1=O. The van der Waals surface area contributed by atoms with Gasteiger partial charge in [0.25, 0.3) is 11.8 Å². The van der Waals surface area contributed by atoms with Gasteiger partial charge >= 0.3 is 6.03 Å². The van der Waals surface area contributed by atoms with E-state index in [2.05, 4.69) is 0 Å². The lowest BCUT2D eigenvalue weighted by atomic mass is 9.74. The molecule has 4 amide bonds. The van der Waals surface area contributed by atoms with Crippen molar-refractivity contribution < 1.29 is 14.4 Å². The van der Waals surface area contributed by atoms with Gasteiger partial charge in [0.2, 0.25) is 0 Å². The molecule has 0 radical (unpaired) electrons. The topological polar surface area (TPSA) is 57.7 Å². The van der Waals surface area contributed by atoms with E-state index in [1.807, 2.05) is 52.0 Å². The number of urea groups is 1. The number of unbranched alkanes of at least 4 members (excludes halogenated alkanes) is 2. The number of amides is 4. The number of aryl methyl sites for hydroxylation is 1. The fraction of sp³-hybridized carbons (Fsp3) is 0.571. The summed E-state index contributed by atoms with van der Waals surface area (Å²) in [4.78, 5) is 42.2. The summed E-state index contributed by atoms with van der Waals surface area (Å²) in [6.45, 7) is 8.58. The Kier molecular flexibility index (Phi) is 6.57. The van der Waals surface area contributed by atoms with Crippen molar-refractivity contribution in [1.82, 2.24) is 9.80 Å². The molecule has 1 aromatic carbocycles. The lowest BCUT2D eigenvalue weighted by Gasteiger charge is -2.44. The monoisotopic (exact) mass is 358 g/mol. The Morgan fingerprint density at radius 1 is 0.808 bits per heavy atom. The maximum Gasteiger partial charge on any atom is 0.333 e. The van der Waals surface area contributed by atoms with Crippen LogP contribution in [0.1, 0.15) is 64.0 Å². The second-order valence-electron chi connectivity index (χ2n) is 7.03. The van der Waals surface area contributed by atoms with Crippen LogP contribution in [0.3, 0.4) is 0 Å². The van der Waals surface area contributed by atoms with E-state index >= 15 is 0 Å². The first-order valence-electron chi connectivity index (χ1n) is 9.69. The lowest BCUT2D eigenvalue weighted by Crippen LogP contribution is -2.67. The van der Waals surface area contributed by atoms with Crippen LogP contribution < -0.4 is 0 Å². The van der Waals surface area contributed by atoms with E-state index in [1.54, 1.807) is 0 Å². The van der Waals surface area contributed by atoms with Crippen molar-refractivity contribution in [1.29, 1.82) is 0 Å². The summed E-state index contributed by atoms with van der Waals surface area (Å²) in [7, 11) is 0. The Morgan fingerprint density at radius 3 is 1.65 bits per heavy atom. The Balaban J connectivity index is 2.55. The number of carbonyl (C=O) groups excluding carboxylic acids is 3. The van der Waals surface area contributed by atoms with Gasteiger partial charge in [-0.3, -0.25) is 19.4 Å².